The molecule has 1 aromatic carbocycles. The number of nitrogens with two attached hydrogens (primary N) is 1. The molecule has 1 rings (SSSR count). The Morgan fingerprint density at radius 1 is 1.47 bits per heavy atom. The normalized spacial score (nSPS) is 14.7. The summed E-state index contributed by atoms with van der Waals surface area (Å²) < 4.78 is 38.0. The van der Waals surface area contributed by atoms with Gasteiger partial charge in [-0.05, 0) is 31.0 Å². The fourth-order valence-electron chi connectivity index (χ4n) is 1.66. The van der Waals surface area contributed by atoms with Gasteiger partial charge in [0, 0.05) is 0 Å². The van der Waals surface area contributed by atoms with Crippen LogP contribution in [-0.4, -0.2) is 20.6 Å². The highest BCUT2D eigenvalue weighted by Gasteiger charge is 2.31. The molecule has 5 nitrogen and oxygen atoms in total. The zero-order valence-corrected chi connectivity index (χ0v) is 11.8. The summed E-state index contributed by atoms with van der Waals surface area (Å²) in [6.07, 6.45) is 1.35. The number of nitrogens with one attached hydrogen (secondary N) is 1. The first kappa shape index (κ1) is 15.4. The summed E-state index contributed by atoms with van der Waals surface area (Å²) in [7, 11) is -3.55. The molecular weight excluding hydrogens is 271 g/mol. The lowest BCUT2D eigenvalue weighted by atomic mass is 9.79. The first-order valence-corrected chi connectivity index (χ1v) is 7.57. The molecule has 19 heavy (non-hydrogen) atoms. The number of amides is 1. The van der Waals surface area contributed by atoms with E-state index in [1.165, 1.54) is 12.1 Å². The summed E-state index contributed by atoms with van der Waals surface area (Å²) in [4.78, 5) is 11.5. The Morgan fingerprint density at radius 3 is 2.42 bits per heavy atom. The van der Waals surface area contributed by atoms with Gasteiger partial charge in [0.2, 0.25) is 15.9 Å². The van der Waals surface area contributed by atoms with Gasteiger partial charge in [-0.1, -0.05) is 13.0 Å². The van der Waals surface area contributed by atoms with Gasteiger partial charge in [0.25, 0.3) is 0 Å². The number of sulfonamides is 1. The average molecular weight is 288 g/mol. The summed E-state index contributed by atoms with van der Waals surface area (Å²) in [5.74, 6) is -1.30. The number of hydrogen-bond donors (Lipinski definition) is 2. The second kappa shape index (κ2) is 5.16. The standard InChI is InChI=1S/C12H17FN2O3S/c1-4-12(2,11(14)16)8-5-6-10(9(13)7-8)15-19(3,17)18/h5-7,15H,4H2,1-3H3,(H2,14,16). The lowest BCUT2D eigenvalue weighted by Crippen LogP contribution is -2.38. The Bertz CT molecular complexity index is 601. The van der Waals surface area contributed by atoms with Gasteiger partial charge in [0.1, 0.15) is 5.82 Å². The highest BCUT2D eigenvalue weighted by molar-refractivity contribution is 7.92. The molecule has 1 unspecified atom stereocenters. The summed E-state index contributed by atoms with van der Waals surface area (Å²) in [5.41, 5.74) is 4.61. The molecule has 1 amide bonds. The Balaban J connectivity index is 3.23. The van der Waals surface area contributed by atoms with Crippen molar-refractivity contribution in [1.82, 2.24) is 0 Å². The number of halogens is 1. The fraction of sp³-hybridized carbons (Fsp3) is 0.417. The highest BCUT2D eigenvalue weighted by atomic mass is 32.2. The summed E-state index contributed by atoms with van der Waals surface area (Å²) in [5, 5.41) is 0. The van der Waals surface area contributed by atoms with E-state index < -0.39 is 27.2 Å². The Hall–Kier alpha value is -1.63. The number of anilines is 1. The van der Waals surface area contributed by atoms with Gasteiger partial charge in [-0.25, -0.2) is 12.8 Å². The van der Waals surface area contributed by atoms with Crippen LogP contribution < -0.4 is 10.5 Å². The van der Waals surface area contributed by atoms with Crippen molar-refractivity contribution in [3.63, 3.8) is 0 Å². The van der Waals surface area contributed by atoms with Gasteiger partial charge >= 0.3 is 0 Å². The predicted octanol–water partition coefficient (Wildman–Crippen LogP) is 1.35. The molecule has 1 atom stereocenters. The first-order chi connectivity index (χ1) is 8.60. The lowest BCUT2D eigenvalue weighted by Gasteiger charge is -2.25. The number of benzene rings is 1. The number of carbonyl (C=O) groups is 1. The van der Waals surface area contributed by atoms with Gasteiger partial charge in [-0.3, -0.25) is 9.52 Å². The lowest BCUT2D eigenvalue weighted by molar-refractivity contribution is -0.123. The van der Waals surface area contributed by atoms with Crippen molar-refractivity contribution >= 4 is 21.6 Å². The van der Waals surface area contributed by atoms with Crippen molar-refractivity contribution in [2.75, 3.05) is 11.0 Å². The topological polar surface area (TPSA) is 89.3 Å². The molecule has 0 aliphatic carbocycles. The Labute approximate surface area is 112 Å². The minimum Gasteiger partial charge on any atom is -0.369 e. The van der Waals surface area contributed by atoms with Crippen molar-refractivity contribution < 1.29 is 17.6 Å². The maximum absolute atomic E-state index is 13.8. The fourth-order valence-corrected chi connectivity index (χ4v) is 2.23. The molecule has 0 saturated carbocycles. The van der Waals surface area contributed by atoms with Gasteiger partial charge in [0.15, 0.2) is 0 Å². The molecule has 0 heterocycles. The van der Waals surface area contributed by atoms with Crippen molar-refractivity contribution in [2.24, 2.45) is 5.73 Å². The smallest absolute Gasteiger partial charge is 0.229 e. The molecule has 0 aliphatic rings. The van der Waals surface area contributed by atoms with Crippen LogP contribution in [0.5, 0.6) is 0 Å². The zero-order valence-electron chi connectivity index (χ0n) is 11.0. The maximum atomic E-state index is 13.8. The van der Waals surface area contributed by atoms with Crippen LogP contribution in [0, 0.1) is 5.82 Å². The van der Waals surface area contributed by atoms with Crippen molar-refractivity contribution in [3.8, 4) is 0 Å². The average Bonchev–Trinajstić information content (AvgIpc) is 2.28. The van der Waals surface area contributed by atoms with Crippen LogP contribution in [0.15, 0.2) is 18.2 Å². The third-order valence-electron chi connectivity index (χ3n) is 3.15. The molecular formula is C12H17FN2O3S. The second-order valence-corrected chi connectivity index (χ2v) is 6.37. The van der Waals surface area contributed by atoms with Crippen LogP contribution in [0.3, 0.4) is 0 Å². The first-order valence-electron chi connectivity index (χ1n) is 5.68. The predicted molar refractivity (Wildman–Crippen MR) is 71.7 cm³/mol. The van der Waals surface area contributed by atoms with E-state index in [0.717, 1.165) is 12.3 Å². The molecule has 3 N–H and O–H groups in total. The molecule has 0 aromatic heterocycles. The van der Waals surface area contributed by atoms with Crippen LogP contribution in [-0.2, 0) is 20.2 Å². The number of hydrogen-bond acceptors (Lipinski definition) is 3. The molecule has 0 fully saturated rings. The summed E-state index contributed by atoms with van der Waals surface area (Å²) in [6.45, 7) is 3.39. The Morgan fingerprint density at radius 2 is 2.05 bits per heavy atom. The van der Waals surface area contributed by atoms with Crippen LogP contribution in [0.25, 0.3) is 0 Å². The van der Waals surface area contributed by atoms with Crippen LogP contribution in [0.2, 0.25) is 0 Å². The maximum Gasteiger partial charge on any atom is 0.229 e. The number of carbonyl (C=O) groups excluding carboxylic acids is 1. The van der Waals surface area contributed by atoms with Crippen molar-refractivity contribution in [3.05, 3.63) is 29.6 Å². The molecule has 7 heteroatoms. The highest BCUT2D eigenvalue weighted by Crippen LogP contribution is 2.29. The third kappa shape index (κ3) is 3.44. The molecule has 0 radical (unpaired) electrons. The van der Waals surface area contributed by atoms with Gasteiger partial charge in [-0.15, -0.1) is 0 Å². The van der Waals surface area contributed by atoms with E-state index in [-0.39, 0.29) is 5.69 Å². The van der Waals surface area contributed by atoms with E-state index in [0.29, 0.717) is 12.0 Å². The zero-order chi connectivity index (χ0) is 14.8. The molecule has 0 aliphatic heterocycles. The quantitative estimate of drug-likeness (QED) is 0.857. The van der Waals surface area contributed by atoms with Crippen molar-refractivity contribution in [2.45, 2.75) is 25.7 Å². The SMILES string of the molecule is CCC(C)(C(N)=O)c1ccc(NS(C)(=O)=O)c(F)c1. The molecule has 1 aromatic rings. The van der Waals surface area contributed by atoms with Crippen molar-refractivity contribution in [1.29, 1.82) is 0 Å². The van der Waals surface area contributed by atoms with Crippen LogP contribution >= 0.6 is 0 Å². The van der Waals surface area contributed by atoms with Crippen LogP contribution in [0.1, 0.15) is 25.8 Å². The van der Waals surface area contributed by atoms with E-state index in [4.69, 9.17) is 5.73 Å². The minimum atomic E-state index is -3.55. The summed E-state index contributed by atoms with van der Waals surface area (Å²) in [6, 6.07) is 3.90. The number of primary amides is 1. The molecule has 0 spiro atoms. The largest absolute Gasteiger partial charge is 0.369 e. The Kier molecular flexibility index (Phi) is 4.19. The summed E-state index contributed by atoms with van der Waals surface area (Å²) >= 11 is 0. The molecule has 0 saturated heterocycles. The van der Waals surface area contributed by atoms with Gasteiger partial charge in [0.05, 0.1) is 17.4 Å². The van der Waals surface area contributed by atoms with Crippen LogP contribution in [0.4, 0.5) is 10.1 Å². The van der Waals surface area contributed by atoms with E-state index in [2.05, 4.69) is 4.72 Å². The second-order valence-electron chi connectivity index (χ2n) is 4.62. The number of rotatable bonds is 5. The minimum absolute atomic E-state index is 0.158. The van der Waals surface area contributed by atoms with Gasteiger partial charge < -0.3 is 5.73 Å². The van der Waals surface area contributed by atoms with Gasteiger partial charge in [-0.2, -0.15) is 0 Å². The van der Waals surface area contributed by atoms with E-state index >= 15 is 0 Å². The molecule has 106 valence electrons. The third-order valence-corrected chi connectivity index (χ3v) is 3.74. The van der Waals surface area contributed by atoms with E-state index in [9.17, 15) is 17.6 Å². The monoisotopic (exact) mass is 288 g/mol. The molecule has 0 bridgehead atoms. The van der Waals surface area contributed by atoms with E-state index in [1.54, 1.807) is 13.8 Å². The van der Waals surface area contributed by atoms with E-state index in [1.807, 2.05) is 0 Å².